The van der Waals surface area contributed by atoms with Gasteiger partial charge in [-0.3, -0.25) is 14.5 Å². The molecule has 9 heteroatoms. The molecule has 0 aromatic heterocycles. The molecule has 2 aromatic carbocycles. The molecule has 0 saturated carbocycles. The Hall–Kier alpha value is -3.56. The fourth-order valence-electron chi connectivity index (χ4n) is 4.74. The number of likely N-dealkylation sites (tertiary alicyclic amines) is 1. The molecule has 38 heavy (non-hydrogen) atoms. The van der Waals surface area contributed by atoms with Gasteiger partial charge in [0.25, 0.3) is 11.7 Å². The standard InChI is InChI=1S/C29H36N2O7/c1-4-5-16-38-23-11-8-21(19-24(23)36-3)26-25(27(32)20-6-9-22(35-2)10-7-20)28(33)29(34)31(26)13-12-30-14-17-37-18-15-30/h6-11,19,26,32H,4-5,12-18H2,1-3H3/b27-25+. The highest BCUT2D eigenvalue weighted by atomic mass is 16.5. The number of rotatable bonds is 11. The highest BCUT2D eigenvalue weighted by Gasteiger charge is 2.46. The summed E-state index contributed by atoms with van der Waals surface area (Å²) < 4.78 is 22.1. The van der Waals surface area contributed by atoms with Crippen LogP contribution in [0.5, 0.6) is 17.2 Å². The summed E-state index contributed by atoms with van der Waals surface area (Å²) in [6.07, 6.45) is 1.91. The Morgan fingerprint density at radius 2 is 1.74 bits per heavy atom. The Labute approximate surface area is 223 Å². The Bertz CT molecular complexity index is 1160. The maximum atomic E-state index is 13.4. The zero-order valence-electron chi connectivity index (χ0n) is 22.3. The van der Waals surface area contributed by atoms with Crippen molar-refractivity contribution < 1.29 is 33.6 Å². The molecule has 4 rings (SSSR count). The molecule has 2 aliphatic rings. The van der Waals surface area contributed by atoms with Crippen molar-refractivity contribution >= 4 is 17.4 Å². The minimum atomic E-state index is -0.781. The van der Waals surface area contributed by atoms with Gasteiger partial charge in [-0.2, -0.15) is 0 Å². The van der Waals surface area contributed by atoms with Crippen LogP contribution in [0.25, 0.3) is 5.76 Å². The summed E-state index contributed by atoms with van der Waals surface area (Å²) in [5.74, 6) is 0.125. The van der Waals surface area contributed by atoms with Gasteiger partial charge >= 0.3 is 0 Å². The molecule has 0 spiro atoms. The molecule has 1 amide bonds. The van der Waals surface area contributed by atoms with Gasteiger partial charge in [0.05, 0.1) is 45.7 Å². The third-order valence-electron chi connectivity index (χ3n) is 6.92. The zero-order chi connectivity index (χ0) is 27.1. The fraction of sp³-hybridized carbons (Fsp3) is 0.448. The fourth-order valence-corrected chi connectivity index (χ4v) is 4.74. The molecular formula is C29H36N2O7. The molecule has 1 atom stereocenters. The molecule has 2 saturated heterocycles. The lowest BCUT2D eigenvalue weighted by atomic mass is 9.95. The zero-order valence-corrected chi connectivity index (χ0v) is 22.3. The van der Waals surface area contributed by atoms with Crippen LogP contribution in [0.15, 0.2) is 48.0 Å². The number of benzene rings is 2. The molecule has 2 aliphatic heterocycles. The molecule has 9 nitrogen and oxygen atoms in total. The average molecular weight is 525 g/mol. The molecule has 1 unspecified atom stereocenters. The number of ketones is 1. The van der Waals surface area contributed by atoms with Gasteiger partial charge in [0.2, 0.25) is 0 Å². The predicted octanol–water partition coefficient (Wildman–Crippen LogP) is 3.64. The number of Topliss-reactive ketones (excluding diaryl/α,β-unsaturated/α-hetero) is 1. The number of hydrogen-bond donors (Lipinski definition) is 1. The molecule has 2 fully saturated rings. The van der Waals surface area contributed by atoms with Gasteiger partial charge in [0.15, 0.2) is 11.5 Å². The minimum absolute atomic E-state index is 0.0452. The molecule has 0 aliphatic carbocycles. The van der Waals surface area contributed by atoms with Crippen LogP contribution in [-0.4, -0.2) is 86.8 Å². The first kappa shape index (κ1) is 27.5. The molecule has 2 heterocycles. The maximum Gasteiger partial charge on any atom is 0.295 e. The van der Waals surface area contributed by atoms with E-state index in [4.69, 9.17) is 18.9 Å². The number of methoxy groups -OCH3 is 2. The lowest BCUT2D eigenvalue weighted by Crippen LogP contribution is -2.42. The summed E-state index contributed by atoms with van der Waals surface area (Å²) in [7, 11) is 3.11. The largest absolute Gasteiger partial charge is 0.507 e. The van der Waals surface area contributed by atoms with Crippen molar-refractivity contribution in [2.45, 2.75) is 25.8 Å². The van der Waals surface area contributed by atoms with Crippen molar-refractivity contribution in [2.75, 3.05) is 60.2 Å². The number of amides is 1. The van der Waals surface area contributed by atoms with Crippen LogP contribution >= 0.6 is 0 Å². The lowest BCUT2D eigenvalue weighted by molar-refractivity contribution is -0.140. The van der Waals surface area contributed by atoms with E-state index in [9.17, 15) is 14.7 Å². The number of nitrogens with zero attached hydrogens (tertiary/aromatic N) is 2. The second-order valence-electron chi connectivity index (χ2n) is 9.29. The number of carbonyl (C=O) groups excluding carboxylic acids is 2. The van der Waals surface area contributed by atoms with E-state index in [2.05, 4.69) is 11.8 Å². The van der Waals surface area contributed by atoms with Gasteiger partial charge in [-0.05, 0) is 48.4 Å². The number of aliphatic hydroxyl groups excluding tert-OH is 1. The first-order chi connectivity index (χ1) is 18.5. The van der Waals surface area contributed by atoms with E-state index in [1.54, 1.807) is 55.5 Å². The van der Waals surface area contributed by atoms with Gasteiger partial charge in [0, 0.05) is 31.7 Å². The maximum absolute atomic E-state index is 13.4. The van der Waals surface area contributed by atoms with Gasteiger partial charge in [-0.15, -0.1) is 0 Å². The van der Waals surface area contributed by atoms with Crippen LogP contribution in [-0.2, 0) is 14.3 Å². The van der Waals surface area contributed by atoms with Gasteiger partial charge < -0.3 is 29.0 Å². The number of morpholine rings is 1. The van der Waals surface area contributed by atoms with Crippen molar-refractivity contribution in [1.82, 2.24) is 9.80 Å². The summed E-state index contributed by atoms with van der Waals surface area (Å²) in [6.45, 7) is 6.35. The van der Waals surface area contributed by atoms with Crippen LogP contribution in [0.1, 0.15) is 36.9 Å². The van der Waals surface area contributed by atoms with E-state index < -0.39 is 17.7 Å². The van der Waals surface area contributed by atoms with Crippen molar-refractivity contribution in [3.8, 4) is 17.2 Å². The molecular weight excluding hydrogens is 488 g/mol. The van der Waals surface area contributed by atoms with E-state index in [-0.39, 0.29) is 11.3 Å². The van der Waals surface area contributed by atoms with Crippen molar-refractivity contribution in [3.63, 3.8) is 0 Å². The Kier molecular flexibility index (Phi) is 9.25. The first-order valence-electron chi connectivity index (χ1n) is 13.0. The van der Waals surface area contributed by atoms with Crippen LogP contribution in [0.2, 0.25) is 0 Å². The SMILES string of the molecule is CCCCOc1ccc(C2/C(=C(\O)c3ccc(OC)cc3)C(=O)C(=O)N2CCN2CCOCC2)cc1OC. The van der Waals surface area contributed by atoms with Gasteiger partial charge in [-0.25, -0.2) is 0 Å². The average Bonchev–Trinajstić information content (AvgIpc) is 3.21. The van der Waals surface area contributed by atoms with Crippen molar-refractivity contribution in [1.29, 1.82) is 0 Å². The summed E-state index contributed by atoms with van der Waals surface area (Å²) in [4.78, 5) is 30.4. The molecule has 204 valence electrons. The molecule has 0 radical (unpaired) electrons. The van der Waals surface area contributed by atoms with E-state index in [1.165, 1.54) is 0 Å². The van der Waals surface area contributed by atoms with E-state index in [0.717, 1.165) is 25.9 Å². The first-order valence-corrected chi connectivity index (χ1v) is 13.0. The van der Waals surface area contributed by atoms with E-state index in [0.29, 0.717) is 61.3 Å². The Balaban J connectivity index is 1.73. The normalized spacial score (nSPS) is 19.6. The smallest absolute Gasteiger partial charge is 0.295 e. The van der Waals surface area contributed by atoms with Crippen LogP contribution < -0.4 is 14.2 Å². The second-order valence-corrected chi connectivity index (χ2v) is 9.29. The third kappa shape index (κ3) is 5.95. The Morgan fingerprint density at radius 3 is 2.39 bits per heavy atom. The highest BCUT2D eigenvalue weighted by Crippen LogP contribution is 2.42. The van der Waals surface area contributed by atoms with Crippen molar-refractivity contribution in [3.05, 3.63) is 59.2 Å². The number of carbonyl (C=O) groups is 2. The second kappa shape index (κ2) is 12.8. The number of hydrogen-bond acceptors (Lipinski definition) is 8. The van der Waals surface area contributed by atoms with Gasteiger partial charge in [0.1, 0.15) is 11.5 Å². The molecule has 2 aromatic rings. The molecule has 1 N–H and O–H groups in total. The Morgan fingerprint density at radius 1 is 1.00 bits per heavy atom. The monoisotopic (exact) mass is 524 g/mol. The number of aliphatic hydroxyl groups is 1. The molecule has 0 bridgehead atoms. The topological polar surface area (TPSA) is 97.8 Å². The summed E-state index contributed by atoms with van der Waals surface area (Å²) in [5.41, 5.74) is 1.12. The van der Waals surface area contributed by atoms with Crippen LogP contribution in [0, 0.1) is 0 Å². The van der Waals surface area contributed by atoms with E-state index in [1.807, 2.05) is 6.07 Å². The number of ether oxygens (including phenoxy) is 4. The van der Waals surface area contributed by atoms with E-state index >= 15 is 0 Å². The summed E-state index contributed by atoms with van der Waals surface area (Å²) >= 11 is 0. The minimum Gasteiger partial charge on any atom is -0.507 e. The highest BCUT2D eigenvalue weighted by molar-refractivity contribution is 6.46. The predicted molar refractivity (Wildman–Crippen MR) is 143 cm³/mol. The third-order valence-corrected chi connectivity index (χ3v) is 6.92. The lowest BCUT2D eigenvalue weighted by Gasteiger charge is -2.31. The summed E-state index contributed by atoms with van der Waals surface area (Å²) in [5, 5.41) is 11.3. The van der Waals surface area contributed by atoms with Gasteiger partial charge in [-0.1, -0.05) is 19.4 Å². The van der Waals surface area contributed by atoms with Crippen molar-refractivity contribution in [2.24, 2.45) is 0 Å². The van der Waals surface area contributed by atoms with Crippen LogP contribution in [0.4, 0.5) is 0 Å². The van der Waals surface area contributed by atoms with Crippen LogP contribution in [0.3, 0.4) is 0 Å². The quantitative estimate of drug-likeness (QED) is 0.206. The summed E-state index contributed by atoms with van der Waals surface area (Å²) in [6, 6.07) is 11.3. The number of unbranched alkanes of at least 4 members (excludes halogenated alkanes) is 1.